The number of carbonyl (C=O) groups is 1. The monoisotopic (exact) mass is 826 g/mol. The van der Waals surface area contributed by atoms with E-state index in [0.29, 0.717) is 30.3 Å². The first-order chi connectivity index (χ1) is 27.3. The van der Waals surface area contributed by atoms with E-state index < -0.39 is 36.3 Å². The zero-order chi connectivity index (χ0) is 40.2. The number of aryl methyl sites for hydroxylation is 1. The minimum atomic E-state index is -4.13. The molecule has 302 valence electrons. The lowest BCUT2D eigenvalue weighted by Gasteiger charge is -2.43. The number of benzene rings is 4. The van der Waals surface area contributed by atoms with Gasteiger partial charge in [-0.3, -0.25) is 4.79 Å². The maximum atomic E-state index is 14.0. The largest absolute Gasteiger partial charge is 0.487 e. The highest BCUT2D eigenvalue weighted by molar-refractivity contribution is 7.90. The van der Waals surface area contributed by atoms with Crippen molar-refractivity contribution in [2.24, 2.45) is 17.8 Å². The summed E-state index contributed by atoms with van der Waals surface area (Å²) >= 11 is 6.37. The lowest BCUT2D eigenvalue weighted by molar-refractivity contribution is 0.0460. The summed E-state index contributed by atoms with van der Waals surface area (Å²) in [6.07, 6.45) is 8.04. The number of carbonyl (C=O) groups excluding carboxylic acids is 1. The quantitative estimate of drug-likeness (QED) is 0.157. The van der Waals surface area contributed by atoms with Crippen molar-refractivity contribution in [3.05, 3.63) is 131 Å². The van der Waals surface area contributed by atoms with Gasteiger partial charge in [0.25, 0.3) is 14.2 Å². The van der Waals surface area contributed by atoms with Crippen LogP contribution in [0.2, 0.25) is 10.1 Å². The number of halogens is 1. The van der Waals surface area contributed by atoms with Gasteiger partial charge in [-0.15, -0.1) is 0 Å². The minimum Gasteiger partial charge on any atom is -0.487 e. The van der Waals surface area contributed by atoms with Gasteiger partial charge < -0.3 is 19.2 Å². The van der Waals surface area contributed by atoms with Gasteiger partial charge in [0.05, 0.1) is 17.5 Å². The second-order valence-corrected chi connectivity index (χ2v) is 23.5. The van der Waals surface area contributed by atoms with Gasteiger partial charge in [-0.2, -0.15) is 0 Å². The molecule has 11 heteroatoms. The van der Waals surface area contributed by atoms with Gasteiger partial charge in [0.1, 0.15) is 12.4 Å². The van der Waals surface area contributed by atoms with E-state index in [9.17, 15) is 18.3 Å². The Balaban J connectivity index is 1.21. The minimum absolute atomic E-state index is 0.0603. The first kappa shape index (κ1) is 41.2. The van der Waals surface area contributed by atoms with Crippen molar-refractivity contribution in [3.8, 4) is 5.75 Å². The van der Waals surface area contributed by atoms with E-state index in [1.165, 1.54) is 0 Å². The molecule has 4 aromatic rings. The van der Waals surface area contributed by atoms with Crippen molar-refractivity contribution in [2.45, 2.75) is 77.0 Å². The van der Waals surface area contributed by atoms with Crippen LogP contribution in [0.3, 0.4) is 0 Å². The maximum absolute atomic E-state index is 14.0. The van der Waals surface area contributed by atoms with Crippen LogP contribution in [0.15, 0.2) is 109 Å². The molecule has 1 amide bonds. The molecular weight excluding hydrogens is 772 g/mol. The number of nitrogens with one attached hydrogen (secondary N) is 1. The molecule has 2 heterocycles. The van der Waals surface area contributed by atoms with Crippen LogP contribution < -0.4 is 24.7 Å². The molecule has 0 aromatic heterocycles. The molecule has 2 N–H and O–H groups in total. The second-order valence-electron chi connectivity index (χ2n) is 17.0. The van der Waals surface area contributed by atoms with Gasteiger partial charge in [-0.1, -0.05) is 111 Å². The van der Waals surface area contributed by atoms with Gasteiger partial charge in [-0.05, 0) is 107 Å². The normalized spacial score (nSPS) is 23.7. The van der Waals surface area contributed by atoms with E-state index in [1.807, 2.05) is 66.7 Å². The highest BCUT2D eigenvalue weighted by Crippen LogP contribution is 2.41. The zero-order valence-corrected chi connectivity index (χ0v) is 35.8. The second kappa shape index (κ2) is 17.5. The molecule has 1 saturated carbocycles. The maximum Gasteiger partial charge on any atom is 0.264 e. The van der Waals surface area contributed by atoms with Crippen LogP contribution in [0.25, 0.3) is 0 Å². The Kier molecular flexibility index (Phi) is 12.7. The van der Waals surface area contributed by atoms with Crippen molar-refractivity contribution >= 4 is 51.9 Å². The third-order valence-corrected chi connectivity index (χ3v) is 18.7. The third-order valence-electron chi connectivity index (χ3n) is 12.1. The molecule has 0 radical (unpaired) electrons. The van der Waals surface area contributed by atoms with Crippen LogP contribution in [0.4, 0.5) is 5.69 Å². The van der Waals surface area contributed by atoms with Gasteiger partial charge in [0, 0.05) is 36.2 Å². The third kappa shape index (κ3) is 9.36. The predicted molar refractivity (Wildman–Crippen MR) is 232 cm³/mol. The van der Waals surface area contributed by atoms with E-state index >= 15 is 0 Å². The van der Waals surface area contributed by atoms with E-state index in [0.717, 1.165) is 65.8 Å². The topological polar surface area (TPSA) is 105 Å². The fourth-order valence-corrected chi connectivity index (χ4v) is 15.1. The highest BCUT2D eigenvalue weighted by Gasteiger charge is 2.50. The van der Waals surface area contributed by atoms with Gasteiger partial charge in [0.2, 0.25) is 10.0 Å². The number of anilines is 1. The van der Waals surface area contributed by atoms with Crippen LogP contribution in [-0.4, -0.2) is 59.3 Å². The Bertz CT molecular complexity index is 2120. The molecule has 8 nitrogen and oxygen atoms in total. The Hall–Kier alpha value is -3.93. The van der Waals surface area contributed by atoms with E-state index in [4.69, 9.17) is 20.8 Å². The van der Waals surface area contributed by atoms with E-state index in [2.05, 4.69) is 54.7 Å². The number of sulfonamides is 1. The number of amides is 1. The number of aliphatic hydroxyl groups excluding tert-OH is 1. The average molecular weight is 828 g/mol. The summed E-state index contributed by atoms with van der Waals surface area (Å²) in [4.78, 5) is 16.2. The molecule has 4 atom stereocenters. The summed E-state index contributed by atoms with van der Waals surface area (Å²) in [5.74, 6) is -0.593. The summed E-state index contributed by atoms with van der Waals surface area (Å²) < 4.78 is 44.0. The summed E-state index contributed by atoms with van der Waals surface area (Å²) in [7, 11) is -7.11. The lowest BCUT2D eigenvalue weighted by Crippen LogP contribution is -2.67. The van der Waals surface area contributed by atoms with Crippen LogP contribution in [0.1, 0.15) is 74.4 Å². The Morgan fingerprint density at radius 3 is 2.32 bits per heavy atom. The number of ether oxygens (including phenoxy) is 1. The van der Waals surface area contributed by atoms with Crippen molar-refractivity contribution in [1.29, 1.82) is 0 Å². The first-order valence-corrected chi connectivity index (χ1v) is 24.2. The number of allylic oxidation sites excluding steroid dienone is 1. The molecule has 0 unspecified atom stereocenters. The van der Waals surface area contributed by atoms with Crippen molar-refractivity contribution in [2.75, 3.05) is 30.3 Å². The fraction of sp³-hybridized carbons (Fsp3) is 0.413. The number of fused-ring (bicyclic) bond motifs is 3. The highest BCUT2D eigenvalue weighted by atomic mass is 35.5. The van der Waals surface area contributed by atoms with Gasteiger partial charge >= 0.3 is 0 Å². The molecule has 0 saturated heterocycles. The number of hydrogen-bond donors (Lipinski definition) is 2. The smallest absolute Gasteiger partial charge is 0.264 e. The summed E-state index contributed by atoms with van der Waals surface area (Å²) in [6.45, 7) is 8.45. The average Bonchev–Trinajstić information content (AvgIpc) is 3.19. The Labute approximate surface area is 344 Å². The van der Waals surface area contributed by atoms with Crippen LogP contribution in [0, 0.1) is 17.8 Å². The van der Waals surface area contributed by atoms with Crippen LogP contribution >= 0.6 is 11.6 Å². The molecule has 2 bridgehead atoms. The summed E-state index contributed by atoms with van der Waals surface area (Å²) in [6, 6.07) is 31.6. The predicted octanol–water partition coefficient (Wildman–Crippen LogP) is 7.66. The molecule has 1 aliphatic carbocycles. The fourth-order valence-electron chi connectivity index (χ4n) is 8.93. The summed E-state index contributed by atoms with van der Waals surface area (Å²) in [5, 5.41) is 14.2. The van der Waals surface area contributed by atoms with Crippen molar-refractivity contribution in [1.82, 2.24) is 4.72 Å². The van der Waals surface area contributed by atoms with Crippen LogP contribution in [0.5, 0.6) is 5.75 Å². The zero-order valence-electron chi connectivity index (χ0n) is 33.2. The first-order valence-electron chi connectivity index (χ1n) is 20.3. The van der Waals surface area contributed by atoms with Crippen LogP contribution in [-0.2, 0) is 27.5 Å². The summed E-state index contributed by atoms with van der Waals surface area (Å²) in [5.41, 5.74) is 3.21. The van der Waals surface area contributed by atoms with Crippen molar-refractivity contribution in [3.63, 3.8) is 0 Å². The molecule has 0 spiro atoms. The Morgan fingerprint density at radius 1 is 0.930 bits per heavy atom. The number of hydrogen-bond acceptors (Lipinski definition) is 7. The van der Waals surface area contributed by atoms with E-state index in [-0.39, 0.29) is 34.8 Å². The number of nitrogens with zero attached hydrogens (tertiary/aromatic N) is 1. The Morgan fingerprint density at radius 2 is 1.65 bits per heavy atom. The number of rotatable bonds is 5. The SMILES string of the molecule is CC(C)(C)[Si](OC[C@H]1C/C=C/[C@H](O)[C@@H]2CC[C@H]2CN2CCCCc3cc(Cl)ccc3COc3ccc(cc32)C(=O)NS(=O)(=O)C1)(c1ccccc1)c1ccccc1. The molecule has 1 fully saturated rings. The van der Waals surface area contributed by atoms with Gasteiger partial charge in [-0.25, -0.2) is 13.1 Å². The molecule has 57 heavy (non-hydrogen) atoms. The van der Waals surface area contributed by atoms with Gasteiger partial charge in [0.15, 0.2) is 0 Å². The molecule has 2 aliphatic heterocycles. The molecule has 4 aromatic carbocycles. The van der Waals surface area contributed by atoms with Crippen molar-refractivity contribution < 1.29 is 27.5 Å². The molecule has 7 rings (SSSR count). The standard InChI is InChI=1S/C46H55ClN2O6SSi/c1-46(2,3)57(39-15-6-4-7-16-39,40-17-8-5-9-18-40)55-30-33-13-12-19-43(50)41-24-21-36(41)29-49-26-11-10-14-34-27-38(47)23-20-37(34)31-54-44-25-22-35(28-42(44)49)45(51)48-56(52,53)32-33/h4-9,12,15-20,22-23,25,27-28,33,36,41,43,50H,10-11,13-14,21,24,26,29-32H2,1-3H3,(H,48,51)/b19-12+/t33-,36+,41-,43+/m1/s1. The van der Waals surface area contributed by atoms with E-state index in [1.54, 1.807) is 18.2 Å². The number of aliphatic hydroxyl groups is 1. The molecule has 3 aliphatic rings. The molecular formula is C46H55ClN2O6SSi. The lowest BCUT2D eigenvalue weighted by atomic mass is 9.70.